The van der Waals surface area contributed by atoms with Gasteiger partial charge in [-0.05, 0) is 12.5 Å². The molecule has 0 N–H and O–H groups in total. The number of carbonyl (C=O) groups is 1. The second-order valence-electron chi connectivity index (χ2n) is 3.42. The molecule has 1 heterocycles. The van der Waals surface area contributed by atoms with E-state index in [1.54, 1.807) is 6.07 Å². The third-order valence-electron chi connectivity index (χ3n) is 2.18. The normalized spacial score (nSPS) is 10.4. The van der Waals surface area contributed by atoms with Gasteiger partial charge in [-0.2, -0.15) is 0 Å². The van der Waals surface area contributed by atoms with Crippen LogP contribution in [0.15, 0.2) is 16.7 Å². The minimum atomic E-state index is -0.228. The maximum absolute atomic E-state index is 10.8. The highest BCUT2D eigenvalue weighted by molar-refractivity contribution is 7.97. The van der Waals surface area contributed by atoms with Crippen molar-refractivity contribution in [2.24, 2.45) is 0 Å². The van der Waals surface area contributed by atoms with Crippen LogP contribution in [0.3, 0.4) is 0 Å². The van der Waals surface area contributed by atoms with Gasteiger partial charge in [0.05, 0.1) is 5.56 Å². The molecule has 1 aromatic heterocycles. The Hall–Kier alpha value is -0.700. The first-order chi connectivity index (χ1) is 6.74. The van der Waals surface area contributed by atoms with Crippen molar-refractivity contribution in [1.29, 1.82) is 0 Å². The van der Waals surface area contributed by atoms with Crippen molar-refractivity contribution in [2.45, 2.75) is 39.0 Å². The summed E-state index contributed by atoms with van der Waals surface area (Å²) in [6.07, 6.45) is 7.24. The summed E-state index contributed by atoms with van der Waals surface area (Å²) in [7, 11) is 0. The van der Waals surface area contributed by atoms with Crippen LogP contribution in [0.25, 0.3) is 0 Å². The van der Waals surface area contributed by atoms with Crippen LogP contribution in [-0.2, 0) is 6.42 Å². The second-order valence-corrected chi connectivity index (χ2v) is 3.82. The number of thiol groups is 1. The summed E-state index contributed by atoms with van der Waals surface area (Å²) >= 11 is 3.73. The molecule has 0 fully saturated rings. The summed E-state index contributed by atoms with van der Waals surface area (Å²) in [4.78, 5) is 10.8. The molecule has 0 spiro atoms. The van der Waals surface area contributed by atoms with Crippen LogP contribution < -0.4 is 0 Å². The van der Waals surface area contributed by atoms with Crippen molar-refractivity contribution < 1.29 is 9.21 Å². The number of carbonyl (C=O) groups excluding carboxylic acids is 1. The molecular formula is C11H16O2S. The average molecular weight is 212 g/mol. The third kappa shape index (κ3) is 3.58. The molecule has 0 radical (unpaired) electrons. The van der Waals surface area contributed by atoms with Gasteiger partial charge in [0.1, 0.15) is 12.0 Å². The number of rotatable bonds is 6. The zero-order valence-electron chi connectivity index (χ0n) is 8.45. The largest absolute Gasteiger partial charge is 0.469 e. The van der Waals surface area contributed by atoms with Crippen LogP contribution >= 0.6 is 12.6 Å². The Bertz CT molecular complexity index is 291. The second kappa shape index (κ2) is 5.91. The van der Waals surface area contributed by atoms with Gasteiger partial charge in [0.15, 0.2) is 0 Å². The van der Waals surface area contributed by atoms with E-state index in [4.69, 9.17) is 4.42 Å². The van der Waals surface area contributed by atoms with E-state index in [-0.39, 0.29) is 5.12 Å². The van der Waals surface area contributed by atoms with Crippen molar-refractivity contribution >= 4 is 17.7 Å². The lowest BCUT2D eigenvalue weighted by molar-refractivity contribution is 0.109. The maximum atomic E-state index is 10.8. The van der Waals surface area contributed by atoms with Gasteiger partial charge >= 0.3 is 0 Å². The van der Waals surface area contributed by atoms with Crippen molar-refractivity contribution in [3.05, 3.63) is 23.7 Å². The Kier molecular flexibility index (Phi) is 4.80. The highest BCUT2D eigenvalue weighted by Gasteiger charge is 2.05. The predicted octanol–water partition coefficient (Wildman–Crippen LogP) is 3.47. The molecule has 0 aromatic carbocycles. The Morgan fingerprint density at radius 3 is 2.79 bits per heavy atom. The molecule has 0 amide bonds. The predicted molar refractivity (Wildman–Crippen MR) is 59.9 cm³/mol. The van der Waals surface area contributed by atoms with Gasteiger partial charge in [-0.15, -0.1) is 12.6 Å². The van der Waals surface area contributed by atoms with Crippen LogP contribution in [0.4, 0.5) is 0 Å². The molecule has 0 saturated carbocycles. The summed E-state index contributed by atoms with van der Waals surface area (Å²) < 4.78 is 5.24. The lowest BCUT2D eigenvalue weighted by Crippen LogP contribution is -1.84. The first-order valence-corrected chi connectivity index (χ1v) is 5.49. The molecule has 1 aromatic rings. The topological polar surface area (TPSA) is 30.2 Å². The zero-order valence-corrected chi connectivity index (χ0v) is 9.35. The standard InChI is InChI=1S/C11H16O2S/c1-2-3-4-5-6-10-7-9(8-13-10)11(12)14/h7-8H,2-6H2,1H3,(H,12,14). The Balaban J connectivity index is 2.33. The summed E-state index contributed by atoms with van der Waals surface area (Å²) in [6, 6.07) is 1.78. The van der Waals surface area contributed by atoms with Crippen molar-refractivity contribution in [3.8, 4) is 0 Å². The van der Waals surface area contributed by atoms with E-state index >= 15 is 0 Å². The smallest absolute Gasteiger partial charge is 0.219 e. The van der Waals surface area contributed by atoms with Gasteiger partial charge in [-0.1, -0.05) is 26.2 Å². The van der Waals surface area contributed by atoms with E-state index in [2.05, 4.69) is 19.6 Å². The molecule has 0 aliphatic heterocycles. The Labute approximate surface area is 90.1 Å². The van der Waals surface area contributed by atoms with E-state index in [1.165, 1.54) is 25.5 Å². The molecule has 78 valence electrons. The van der Waals surface area contributed by atoms with E-state index in [0.29, 0.717) is 5.56 Å². The lowest BCUT2D eigenvalue weighted by atomic mass is 10.1. The number of furan rings is 1. The molecule has 0 aliphatic rings. The SMILES string of the molecule is CCCCCCc1cc(C(=O)S)co1. The van der Waals surface area contributed by atoms with Gasteiger partial charge in [-0.25, -0.2) is 0 Å². The van der Waals surface area contributed by atoms with Crippen molar-refractivity contribution in [1.82, 2.24) is 0 Å². The molecule has 0 unspecified atom stereocenters. The maximum Gasteiger partial charge on any atom is 0.219 e. The van der Waals surface area contributed by atoms with Crippen LogP contribution in [0.5, 0.6) is 0 Å². The number of hydrogen-bond donors (Lipinski definition) is 1. The minimum Gasteiger partial charge on any atom is -0.469 e. The number of aryl methyl sites for hydroxylation is 1. The first-order valence-electron chi connectivity index (χ1n) is 5.04. The van der Waals surface area contributed by atoms with Gasteiger partial charge in [0, 0.05) is 6.42 Å². The quantitative estimate of drug-likeness (QED) is 0.578. The molecular weight excluding hydrogens is 196 g/mol. The lowest BCUT2D eigenvalue weighted by Gasteiger charge is -1.95. The highest BCUT2D eigenvalue weighted by Crippen LogP contribution is 2.13. The fraction of sp³-hybridized carbons (Fsp3) is 0.545. The molecule has 3 heteroatoms. The number of unbranched alkanes of at least 4 members (excludes halogenated alkanes) is 3. The van der Waals surface area contributed by atoms with E-state index in [0.717, 1.165) is 18.6 Å². The monoisotopic (exact) mass is 212 g/mol. The fourth-order valence-corrected chi connectivity index (χ4v) is 1.47. The zero-order chi connectivity index (χ0) is 10.4. The molecule has 0 bridgehead atoms. The third-order valence-corrected chi connectivity index (χ3v) is 2.44. The fourth-order valence-electron chi connectivity index (χ4n) is 1.35. The molecule has 1 rings (SSSR count). The van der Waals surface area contributed by atoms with Crippen LogP contribution in [-0.4, -0.2) is 5.12 Å². The van der Waals surface area contributed by atoms with Crippen molar-refractivity contribution in [2.75, 3.05) is 0 Å². The van der Waals surface area contributed by atoms with Crippen LogP contribution in [0, 0.1) is 0 Å². The first kappa shape index (κ1) is 11.4. The van der Waals surface area contributed by atoms with Crippen LogP contribution in [0.2, 0.25) is 0 Å². The molecule has 2 nitrogen and oxygen atoms in total. The minimum absolute atomic E-state index is 0.228. The van der Waals surface area contributed by atoms with E-state index < -0.39 is 0 Å². The Morgan fingerprint density at radius 1 is 1.43 bits per heavy atom. The Morgan fingerprint density at radius 2 is 2.21 bits per heavy atom. The van der Waals surface area contributed by atoms with Crippen molar-refractivity contribution in [3.63, 3.8) is 0 Å². The average Bonchev–Trinajstić information content (AvgIpc) is 2.61. The molecule has 0 atom stereocenters. The van der Waals surface area contributed by atoms with Gasteiger partial charge < -0.3 is 4.42 Å². The molecule has 0 saturated heterocycles. The summed E-state index contributed by atoms with van der Waals surface area (Å²) in [6.45, 7) is 2.19. The van der Waals surface area contributed by atoms with Gasteiger partial charge in [-0.3, -0.25) is 4.79 Å². The van der Waals surface area contributed by atoms with E-state index in [1.807, 2.05) is 0 Å². The molecule has 0 aliphatic carbocycles. The number of hydrogen-bond acceptors (Lipinski definition) is 2. The summed E-state index contributed by atoms with van der Waals surface area (Å²) in [5, 5.41) is -0.228. The highest BCUT2D eigenvalue weighted by atomic mass is 32.1. The van der Waals surface area contributed by atoms with Crippen LogP contribution in [0.1, 0.15) is 48.7 Å². The van der Waals surface area contributed by atoms with Gasteiger partial charge in [0.25, 0.3) is 0 Å². The summed E-state index contributed by atoms with van der Waals surface area (Å²) in [5.41, 5.74) is 0.554. The van der Waals surface area contributed by atoms with E-state index in [9.17, 15) is 4.79 Å². The van der Waals surface area contributed by atoms with Gasteiger partial charge in [0.2, 0.25) is 5.12 Å². The molecule has 14 heavy (non-hydrogen) atoms. The summed E-state index contributed by atoms with van der Waals surface area (Å²) in [5.74, 6) is 0.888.